The second-order valence-electron chi connectivity index (χ2n) is 27.5. The monoisotopic (exact) mass is 1330 g/mol. The number of phosphoric acid groups is 1. The van der Waals surface area contributed by atoms with Gasteiger partial charge >= 0.3 is 25.7 Å². The van der Waals surface area contributed by atoms with Gasteiger partial charge in [0.25, 0.3) is 0 Å². The van der Waals surface area contributed by atoms with Crippen molar-refractivity contribution < 1.29 is 72.0 Å². The molecular weight excluding hydrogens is 1190 g/mol. The lowest BCUT2D eigenvalue weighted by Crippen LogP contribution is -2.63. The molecule has 1 aliphatic heterocycles. The Labute approximate surface area is 561 Å². The molecule has 92 heavy (non-hydrogen) atoms. The van der Waals surface area contributed by atoms with Crippen LogP contribution in [0.3, 0.4) is 0 Å². The first-order valence-corrected chi connectivity index (χ1v) is 40.2. The van der Waals surface area contributed by atoms with Crippen molar-refractivity contribution in [1.82, 2.24) is 5.32 Å². The zero-order chi connectivity index (χ0) is 67.6. The Morgan fingerprint density at radius 1 is 0.435 bits per heavy atom. The summed E-state index contributed by atoms with van der Waals surface area (Å²) in [7, 11) is -5.39. The van der Waals surface area contributed by atoms with Gasteiger partial charge in [0.1, 0.15) is 30.2 Å². The molecule has 0 spiro atoms. The van der Waals surface area contributed by atoms with Crippen LogP contribution in [0.5, 0.6) is 0 Å². The Balaban J connectivity index is 3.58. The van der Waals surface area contributed by atoms with Crippen molar-refractivity contribution in [1.29, 1.82) is 0 Å². The SMILES string of the molecule is CCCCCCCCCCCCCC(=O)O[C@H](CCCCCCCCCCC)CC(=O)O[C@H]1[C@H](CC(=O)C[C@@H](CCCCCCCCCCC)OC(=O)CCCCCCCCCCC)[C@@H](NC(=O)C[C@H](O)CCCCCCCCCCC)[C@@H](OP(=O)(O)O)O[C@@H]1CO. The number of hydrogen-bond acceptors (Lipinski definition) is 13. The third kappa shape index (κ3) is 50.9. The Morgan fingerprint density at radius 2 is 0.761 bits per heavy atom. The molecule has 1 aliphatic rings. The van der Waals surface area contributed by atoms with Gasteiger partial charge < -0.3 is 44.3 Å². The lowest BCUT2D eigenvalue weighted by Gasteiger charge is -2.45. The second-order valence-corrected chi connectivity index (χ2v) is 28.7. The maximum Gasteiger partial charge on any atom is 0.472 e. The molecule has 542 valence electrons. The van der Waals surface area contributed by atoms with Gasteiger partial charge in [0, 0.05) is 31.6 Å². The topological polar surface area (TPSA) is 242 Å². The first-order chi connectivity index (χ1) is 44.6. The average molecular weight is 1330 g/mol. The molecule has 17 heteroatoms. The number of ketones is 1. The van der Waals surface area contributed by atoms with Gasteiger partial charge in [0.15, 0.2) is 6.29 Å². The number of Topliss-reactive ketones (excluding diaryl/α,β-unsaturated/α-hetero) is 1. The first kappa shape index (κ1) is 87.6. The lowest BCUT2D eigenvalue weighted by atomic mass is 9.82. The van der Waals surface area contributed by atoms with Gasteiger partial charge in [-0.3, -0.25) is 28.5 Å². The van der Waals surface area contributed by atoms with Crippen molar-refractivity contribution in [3.05, 3.63) is 0 Å². The fraction of sp³-hybridized carbons (Fsp3) is 0.933. The number of hydrogen-bond donors (Lipinski definition) is 5. The maximum atomic E-state index is 14.8. The Morgan fingerprint density at radius 3 is 1.11 bits per heavy atom. The van der Waals surface area contributed by atoms with Crippen molar-refractivity contribution in [3.8, 4) is 0 Å². The van der Waals surface area contributed by atoms with E-state index in [4.69, 9.17) is 23.5 Å². The number of aliphatic hydroxyl groups excluding tert-OH is 2. The van der Waals surface area contributed by atoms with Crippen molar-refractivity contribution in [2.24, 2.45) is 5.92 Å². The van der Waals surface area contributed by atoms with Crippen molar-refractivity contribution in [2.75, 3.05) is 6.61 Å². The van der Waals surface area contributed by atoms with Gasteiger partial charge in [0.2, 0.25) is 5.91 Å². The summed E-state index contributed by atoms with van der Waals surface area (Å²) in [6.07, 6.45) is 43.7. The third-order valence-electron chi connectivity index (χ3n) is 18.6. The van der Waals surface area contributed by atoms with Crippen LogP contribution >= 0.6 is 7.82 Å². The number of nitrogens with one attached hydrogen (secondary N) is 1. The number of carbonyl (C=O) groups excluding carboxylic acids is 5. The van der Waals surface area contributed by atoms with Crippen molar-refractivity contribution in [3.63, 3.8) is 0 Å². The fourth-order valence-corrected chi connectivity index (χ4v) is 13.4. The van der Waals surface area contributed by atoms with Gasteiger partial charge in [0.05, 0.1) is 31.6 Å². The van der Waals surface area contributed by atoms with Crippen molar-refractivity contribution in [2.45, 2.75) is 437 Å². The minimum atomic E-state index is -5.39. The molecule has 8 atom stereocenters. The number of aliphatic hydroxyl groups is 2. The van der Waals surface area contributed by atoms with E-state index in [0.29, 0.717) is 51.4 Å². The normalized spacial score (nSPS) is 17.7. The largest absolute Gasteiger partial charge is 0.472 e. The number of phosphoric ester groups is 1. The van der Waals surface area contributed by atoms with Crippen LogP contribution in [0, 0.1) is 5.92 Å². The third-order valence-corrected chi connectivity index (χ3v) is 19.0. The summed E-state index contributed by atoms with van der Waals surface area (Å²) in [5.41, 5.74) is 0. The molecule has 0 aromatic heterocycles. The van der Waals surface area contributed by atoms with Gasteiger partial charge in [-0.1, -0.05) is 311 Å². The Hall–Kier alpha value is -2.46. The van der Waals surface area contributed by atoms with Crippen LogP contribution < -0.4 is 5.32 Å². The average Bonchev–Trinajstić information content (AvgIpc) is 0.829. The molecular formula is C75H142NO15P. The smallest absolute Gasteiger partial charge is 0.462 e. The molecule has 16 nitrogen and oxygen atoms in total. The lowest BCUT2D eigenvalue weighted by molar-refractivity contribution is -0.243. The molecule has 0 aliphatic carbocycles. The summed E-state index contributed by atoms with van der Waals surface area (Å²) in [5, 5.41) is 24.9. The molecule has 1 fully saturated rings. The van der Waals surface area contributed by atoms with Crippen LogP contribution in [0.2, 0.25) is 0 Å². The summed E-state index contributed by atoms with van der Waals surface area (Å²) in [5.74, 6) is -4.08. The first-order valence-electron chi connectivity index (χ1n) is 38.7. The number of rotatable bonds is 67. The second kappa shape index (κ2) is 60.9. The predicted molar refractivity (Wildman–Crippen MR) is 372 cm³/mol. The van der Waals surface area contributed by atoms with E-state index in [0.717, 1.165) is 116 Å². The summed E-state index contributed by atoms with van der Waals surface area (Å²) in [6, 6.07) is -1.55. The van der Waals surface area contributed by atoms with Crippen molar-refractivity contribution >= 4 is 37.4 Å². The molecule has 0 unspecified atom stereocenters. The quantitative estimate of drug-likeness (QED) is 0.0165. The highest BCUT2D eigenvalue weighted by Gasteiger charge is 2.51. The van der Waals surface area contributed by atoms with Crippen LogP contribution in [-0.4, -0.2) is 99.1 Å². The highest BCUT2D eigenvalue weighted by molar-refractivity contribution is 7.46. The molecule has 1 heterocycles. The standard InChI is InChI=1S/C75H142NO15P/c1-6-11-16-21-26-31-32-37-42-47-52-57-71(82)88-66(55-50-45-40-35-29-24-19-14-9-4)61-72(83)90-74-67(73(75(89-68(74)62-77)91-92(84,85)86)76-69(80)60-63(78)53-48-43-38-33-27-22-17-12-7-2)59-64(79)58-65(54-49-44-39-34-28-23-18-13-8-3)87-70(81)56-51-46-41-36-30-25-20-15-10-5/h63,65-68,73-75,77-78H,6-62H2,1-5H3,(H,76,80)(H2,84,85,86)/t63-,65-,66-,67-,68-,73-,74+,75-/m1/s1. The predicted octanol–water partition coefficient (Wildman–Crippen LogP) is 19.5. The van der Waals surface area contributed by atoms with Gasteiger partial charge in [-0.15, -0.1) is 0 Å². The van der Waals surface area contributed by atoms with E-state index in [-0.39, 0.29) is 32.1 Å². The van der Waals surface area contributed by atoms with E-state index in [9.17, 15) is 48.5 Å². The molecule has 0 aromatic rings. The van der Waals surface area contributed by atoms with Crippen LogP contribution in [0.4, 0.5) is 0 Å². The molecule has 0 saturated carbocycles. The van der Waals surface area contributed by atoms with Gasteiger partial charge in [-0.2, -0.15) is 0 Å². The van der Waals surface area contributed by atoms with Crippen LogP contribution in [0.25, 0.3) is 0 Å². The van der Waals surface area contributed by atoms with E-state index < -0.39 is 99.2 Å². The van der Waals surface area contributed by atoms with Gasteiger partial charge in [-0.25, -0.2) is 4.57 Å². The highest BCUT2D eigenvalue weighted by Crippen LogP contribution is 2.43. The Bertz CT molecular complexity index is 1820. The zero-order valence-electron chi connectivity index (χ0n) is 59.7. The van der Waals surface area contributed by atoms with E-state index in [1.165, 1.54) is 154 Å². The summed E-state index contributed by atoms with van der Waals surface area (Å²) >= 11 is 0. The van der Waals surface area contributed by atoms with Crippen LogP contribution in [0.1, 0.15) is 394 Å². The van der Waals surface area contributed by atoms with E-state index in [1.54, 1.807) is 0 Å². The minimum Gasteiger partial charge on any atom is -0.462 e. The zero-order valence-corrected chi connectivity index (χ0v) is 60.5. The number of unbranched alkanes of at least 4 members (excludes halogenated alkanes) is 42. The molecule has 0 aromatic carbocycles. The fourth-order valence-electron chi connectivity index (χ4n) is 13.0. The minimum absolute atomic E-state index is 0.207. The number of carbonyl (C=O) groups is 5. The summed E-state index contributed by atoms with van der Waals surface area (Å²) in [6.45, 7) is 10.2. The van der Waals surface area contributed by atoms with E-state index >= 15 is 0 Å². The molecule has 5 N–H and O–H groups in total. The summed E-state index contributed by atoms with van der Waals surface area (Å²) < 4.78 is 42.4. The molecule has 0 bridgehead atoms. The van der Waals surface area contributed by atoms with E-state index in [1.807, 2.05) is 0 Å². The number of esters is 3. The summed E-state index contributed by atoms with van der Waals surface area (Å²) in [4.78, 5) is 91.1. The van der Waals surface area contributed by atoms with Crippen LogP contribution in [0.15, 0.2) is 0 Å². The molecule has 1 saturated heterocycles. The molecule has 1 rings (SSSR count). The Kier molecular flexibility index (Phi) is 58.0. The molecule has 1 amide bonds. The molecule has 0 radical (unpaired) electrons. The van der Waals surface area contributed by atoms with Crippen LogP contribution in [-0.2, 0) is 52.0 Å². The van der Waals surface area contributed by atoms with Gasteiger partial charge in [-0.05, 0) is 44.9 Å². The maximum absolute atomic E-state index is 14.8. The highest BCUT2D eigenvalue weighted by atomic mass is 31.2. The number of ether oxygens (including phenoxy) is 4. The number of amides is 1. The van der Waals surface area contributed by atoms with E-state index in [2.05, 4.69) is 39.9 Å².